The first-order valence-electron chi connectivity index (χ1n) is 7.10. The van der Waals surface area contributed by atoms with E-state index in [-0.39, 0.29) is 16.0 Å². The summed E-state index contributed by atoms with van der Waals surface area (Å²) in [6, 6.07) is 1.58. The van der Waals surface area contributed by atoms with E-state index >= 15 is 0 Å². The second-order valence-corrected chi connectivity index (χ2v) is 8.12. The number of sulfonamides is 1. The molecule has 0 aromatic carbocycles. The SMILES string of the molecule is Cc1cnn(C)c1S(=O)(=O)NC(=O)c1cc(C(C)(C)C)oc1C. The largest absolute Gasteiger partial charge is 0.465 e. The number of carbonyl (C=O) groups is 1. The molecule has 0 spiro atoms. The van der Waals surface area contributed by atoms with E-state index < -0.39 is 15.9 Å². The van der Waals surface area contributed by atoms with Crippen molar-refractivity contribution in [2.24, 2.45) is 7.05 Å². The van der Waals surface area contributed by atoms with Gasteiger partial charge in [-0.1, -0.05) is 20.8 Å². The molecule has 0 atom stereocenters. The highest BCUT2D eigenvalue weighted by Crippen LogP contribution is 2.27. The minimum atomic E-state index is -4.01. The van der Waals surface area contributed by atoms with Crippen LogP contribution in [-0.2, 0) is 22.5 Å². The van der Waals surface area contributed by atoms with E-state index in [1.54, 1.807) is 19.9 Å². The molecule has 0 aliphatic heterocycles. The fraction of sp³-hybridized carbons (Fsp3) is 0.467. The average molecular weight is 339 g/mol. The summed E-state index contributed by atoms with van der Waals surface area (Å²) in [5.41, 5.74) is 0.395. The quantitative estimate of drug-likeness (QED) is 0.923. The van der Waals surface area contributed by atoms with Crippen LogP contribution >= 0.6 is 0 Å². The molecule has 0 unspecified atom stereocenters. The van der Waals surface area contributed by atoms with Gasteiger partial charge < -0.3 is 4.42 Å². The fourth-order valence-corrected chi connectivity index (χ4v) is 3.55. The second kappa shape index (κ2) is 5.52. The Hall–Kier alpha value is -2.09. The molecule has 2 aromatic rings. The van der Waals surface area contributed by atoms with E-state index in [1.165, 1.54) is 17.9 Å². The van der Waals surface area contributed by atoms with Crippen LogP contribution in [0.2, 0.25) is 0 Å². The Balaban J connectivity index is 2.35. The lowest BCUT2D eigenvalue weighted by atomic mass is 9.93. The Bertz CT molecular complexity index is 834. The minimum absolute atomic E-state index is 0.0388. The highest BCUT2D eigenvalue weighted by molar-refractivity contribution is 7.90. The van der Waals surface area contributed by atoms with Gasteiger partial charge in [-0.15, -0.1) is 0 Å². The summed E-state index contributed by atoms with van der Waals surface area (Å²) in [6.07, 6.45) is 1.43. The first-order chi connectivity index (χ1) is 10.4. The molecular weight excluding hydrogens is 318 g/mol. The number of carbonyl (C=O) groups excluding carboxylic acids is 1. The highest BCUT2D eigenvalue weighted by Gasteiger charge is 2.28. The van der Waals surface area contributed by atoms with Crippen molar-refractivity contribution < 1.29 is 17.6 Å². The van der Waals surface area contributed by atoms with Crippen LogP contribution in [0.1, 0.15) is 48.2 Å². The fourth-order valence-electron chi connectivity index (χ4n) is 2.22. The third-order valence-electron chi connectivity index (χ3n) is 3.44. The van der Waals surface area contributed by atoms with Crippen LogP contribution in [0.25, 0.3) is 0 Å². The number of amides is 1. The Labute approximate surface area is 135 Å². The van der Waals surface area contributed by atoms with Gasteiger partial charge in [-0.3, -0.25) is 9.48 Å². The molecule has 126 valence electrons. The lowest BCUT2D eigenvalue weighted by Gasteiger charge is -2.13. The van der Waals surface area contributed by atoms with E-state index in [1.807, 2.05) is 20.8 Å². The Morgan fingerprint density at radius 2 is 1.91 bits per heavy atom. The van der Waals surface area contributed by atoms with Crippen LogP contribution in [0.5, 0.6) is 0 Å². The molecule has 2 rings (SSSR count). The molecule has 2 aromatic heterocycles. The zero-order chi connectivity index (χ0) is 17.6. The van der Waals surface area contributed by atoms with Crippen LogP contribution in [0.15, 0.2) is 21.7 Å². The number of nitrogens with one attached hydrogen (secondary N) is 1. The molecule has 1 amide bonds. The van der Waals surface area contributed by atoms with Crippen molar-refractivity contribution in [3.05, 3.63) is 34.9 Å². The van der Waals surface area contributed by atoms with Gasteiger partial charge in [0.1, 0.15) is 11.5 Å². The summed E-state index contributed by atoms with van der Waals surface area (Å²) in [6.45, 7) is 9.09. The van der Waals surface area contributed by atoms with Crippen LogP contribution in [0, 0.1) is 13.8 Å². The lowest BCUT2D eigenvalue weighted by molar-refractivity contribution is 0.0980. The van der Waals surface area contributed by atoms with E-state index in [9.17, 15) is 13.2 Å². The summed E-state index contributed by atoms with van der Waals surface area (Å²) in [4.78, 5) is 12.4. The Kier molecular flexibility index (Phi) is 4.14. The van der Waals surface area contributed by atoms with Crippen molar-refractivity contribution in [3.8, 4) is 0 Å². The molecular formula is C15H21N3O4S. The minimum Gasteiger partial charge on any atom is -0.465 e. The molecule has 7 nitrogen and oxygen atoms in total. The van der Waals surface area contributed by atoms with Gasteiger partial charge in [0.15, 0.2) is 5.03 Å². The Morgan fingerprint density at radius 3 is 2.35 bits per heavy atom. The van der Waals surface area contributed by atoms with E-state index in [0.29, 0.717) is 17.1 Å². The number of aromatic nitrogens is 2. The van der Waals surface area contributed by atoms with Crippen LogP contribution in [0.3, 0.4) is 0 Å². The summed E-state index contributed by atoms with van der Waals surface area (Å²) in [5, 5.41) is 3.85. The van der Waals surface area contributed by atoms with E-state index in [4.69, 9.17) is 4.42 Å². The monoisotopic (exact) mass is 339 g/mol. The topological polar surface area (TPSA) is 94.2 Å². The number of nitrogens with zero attached hydrogens (tertiary/aromatic N) is 2. The lowest BCUT2D eigenvalue weighted by Crippen LogP contribution is -2.32. The highest BCUT2D eigenvalue weighted by atomic mass is 32.2. The van der Waals surface area contributed by atoms with Gasteiger partial charge in [0.2, 0.25) is 0 Å². The van der Waals surface area contributed by atoms with Gasteiger partial charge >= 0.3 is 0 Å². The normalized spacial score (nSPS) is 12.4. The molecule has 0 aliphatic carbocycles. The maximum Gasteiger partial charge on any atom is 0.281 e. The van der Waals surface area contributed by atoms with Crippen molar-refractivity contribution >= 4 is 15.9 Å². The smallest absolute Gasteiger partial charge is 0.281 e. The molecule has 8 heteroatoms. The van der Waals surface area contributed by atoms with Crippen molar-refractivity contribution in [1.29, 1.82) is 0 Å². The number of furan rings is 1. The zero-order valence-electron chi connectivity index (χ0n) is 14.1. The van der Waals surface area contributed by atoms with E-state index in [0.717, 1.165) is 0 Å². The summed E-state index contributed by atoms with van der Waals surface area (Å²) < 4.78 is 33.7. The van der Waals surface area contributed by atoms with Crippen LogP contribution in [0.4, 0.5) is 0 Å². The molecule has 23 heavy (non-hydrogen) atoms. The summed E-state index contributed by atoms with van der Waals surface area (Å²) in [7, 11) is -2.50. The third-order valence-corrected chi connectivity index (χ3v) is 4.99. The molecule has 0 bridgehead atoms. The molecule has 0 aliphatic rings. The van der Waals surface area contributed by atoms with Crippen molar-refractivity contribution in [2.75, 3.05) is 0 Å². The standard InChI is InChI=1S/C15H21N3O4S/c1-9-8-16-18(6)14(9)23(20,21)17-13(19)11-7-12(15(3,4)5)22-10(11)2/h7-8H,1-6H3,(H,17,19). The number of hydrogen-bond donors (Lipinski definition) is 1. The zero-order valence-corrected chi connectivity index (χ0v) is 14.9. The molecule has 0 radical (unpaired) electrons. The first-order valence-corrected chi connectivity index (χ1v) is 8.58. The predicted molar refractivity (Wildman–Crippen MR) is 84.7 cm³/mol. The Morgan fingerprint density at radius 1 is 1.30 bits per heavy atom. The first kappa shape index (κ1) is 17.3. The maximum absolute atomic E-state index is 12.4. The molecule has 1 N–H and O–H groups in total. The van der Waals surface area contributed by atoms with Gasteiger partial charge in [-0.05, 0) is 19.9 Å². The molecule has 2 heterocycles. The second-order valence-electron chi connectivity index (χ2n) is 6.52. The van der Waals surface area contributed by atoms with Crippen LogP contribution in [-0.4, -0.2) is 24.1 Å². The van der Waals surface area contributed by atoms with Crippen molar-refractivity contribution in [2.45, 2.75) is 45.1 Å². The predicted octanol–water partition coefficient (Wildman–Crippen LogP) is 2.05. The number of rotatable bonds is 3. The molecule has 0 saturated carbocycles. The van der Waals surface area contributed by atoms with Crippen molar-refractivity contribution in [3.63, 3.8) is 0 Å². The van der Waals surface area contributed by atoms with Gasteiger partial charge in [-0.2, -0.15) is 13.5 Å². The summed E-state index contributed by atoms with van der Waals surface area (Å²) in [5.74, 6) is 0.279. The van der Waals surface area contributed by atoms with Gasteiger partial charge in [0.05, 0.1) is 11.8 Å². The number of aryl methyl sites for hydroxylation is 3. The van der Waals surface area contributed by atoms with Crippen LogP contribution < -0.4 is 4.72 Å². The van der Waals surface area contributed by atoms with Gasteiger partial charge in [0, 0.05) is 18.0 Å². The van der Waals surface area contributed by atoms with Gasteiger partial charge in [-0.25, -0.2) is 4.72 Å². The maximum atomic E-state index is 12.4. The van der Waals surface area contributed by atoms with Gasteiger partial charge in [0.25, 0.3) is 15.9 Å². The average Bonchev–Trinajstić information content (AvgIpc) is 2.92. The molecule has 0 fully saturated rings. The molecule has 0 saturated heterocycles. The number of hydrogen-bond acceptors (Lipinski definition) is 5. The summed E-state index contributed by atoms with van der Waals surface area (Å²) >= 11 is 0. The van der Waals surface area contributed by atoms with E-state index in [2.05, 4.69) is 9.82 Å². The third kappa shape index (κ3) is 3.31. The van der Waals surface area contributed by atoms with Crippen molar-refractivity contribution in [1.82, 2.24) is 14.5 Å².